The zero-order valence-corrected chi connectivity index (χ0v) is 23.3. The highest BCUT2D eigenvalue weighted by Gasteiger charge is 2.50. The molecule has 2 atom stereocenters. The van der Waals surface area contributed by atoms with Gasteiger partial charge in [0, 0.05) is 41.8 Å². The second-order valence-corrected chi connectivity index (χ2v) is 12.3. The van der Waals surface area contributed by atoms with Crippen LogP contribution < -0.4 is 10.2 Å². The van der Waals surface area contributed by atoms with E-state index in [1.165, 1.54) is 0 Å². The van der Waals surface area contributed by atoms with Crippen molar-refractivity contribution in [2.45, 2.75) is 57.8 Å². The number of aliphatic carboxylic acids is 1. The SMILES string of the molecule is C[C@@H](Nc1cc(C(F)(F)F)nc(N2CC([C@H]3CCCN([C@H]4C[C@](C)(C(=O)O)C4)C3)C2)n1)c1ccc(Cl)cc1Cl. The Labute approximate surface area is 235 Å². The molecule has 0 unspecified atom stereocenters. The number of benzene rings is 1. The summed E-state index contributed by atoms with van der Waals surface area (Å²) in [5, 5.41) is 13.4. The number of piperidine rings is 1. The molecule has 2 N–H and O–H groups in total. The Balaban J connectivity index is 1.24. The van der Waals surface area contributed by atoms with E-state index in [1.54, 1.807) is 36.9 Å². The Hall–Kier alpha value is -2.30. The third-order valence-electron chi connectivity index (χ3n) is 8.55. The topological polar surface area (TPSA) is 81.6 Å². The smallest absolute Gasteiger partial charge is 0.433 e. The number of halogens is 5. The van der Waals surface area contributed by atoms with Crippen LogP contribution in [0.4, 0.5) is 24.9 Å². The van der Waals surface area contributed by atoms with Gasteiger partial charge in [0.15, 0.2) is 5.69 Å². The summed E-state index contributed by atoms with van der Waals surface area (Å²) in [5.41, 5.74) is -0.938. The number of carboxylic acid groups (broad SMARTS) is 1. The minimum Gasteiger partial charge on any atom is -0.481 e. The molecule has 0 amide bonds. The summed E-state index contributed by atoms with van der Waals surface area (Å²) in [5.74, 6) is 0.149. The van der Waals surface area contributed by atoms with Gasteiger partial charge >= 0.3 is 12.1 Å². The quantitative estimate of drug-likeness (QED) is 0.390. The lowest BCUT2D eigenvalue weighted by atomic mass is 9.65. The molecule has 7 nitrogen and oxygen atoms in total. The first-order valence-corrected chi connectivity index (χ1v) is 14.0. The van der Waals surface area contributed by atoms with Crippen molar-refractivity contribution in [3.05, 3.63) is 45.6 Å². The summed E-state index contributed by atoms with van der Waals surface area (Å²) in [6.45, 7) is 6.65. The van der Waals surface area contributed by atoms with E-state index >= 15 is 0 Å². The van der Waals surface area contributed by atoms with E-state index in [9.17, 15) is 23.1 Å². The Kier molecular flexibility index (Phi) is 7.67. The normalized spacial score (nSPS) is 27.0. The summed E-state index contributed by atoms with van der Waals surface area (Å²) in [6, 6.07) is 5.80. The third kappa shape index (κ3) is 5.93. The molecule has 0 bridgehead atoms. The fraction of sp³-hybridized carbons (Fsp3) is 0.593. The van der Waals surface area contributed by atoms with Crippen LogP contribution in [0.15, 0.2) is 24.3 Å². The number of carbonyl (C=O) groups is 1. The number of rotatable bonds is 7. The highest BCUT2D eigenvalue weighted by molar-refractivity contribution is 6.35. The van der Waals surface area contributed by atoms with Gasteiger partial charge in [-0.3, -0.25) is 4.79 Å². The van der Waals surface area contributed by atoms with E-state index in [2.05, 4.69) is 20.2 Å². The van der Waals surface area contributed by atoms with Crippen LogP contribution >= 0.6 is 23.2 Å². The number of likely N-dealkylation sites (tertiary alicyclic amines) is 1. The summed E-state index contributed by atoms with van der Waals surface area (Å²) >= 11 is 12.3. The van der Waals surface area contributed by atoms with Crippen LogP contribution in [0.5, 0.6) is 0 Å². The van der Waals surface area contributed by atoms with E-state index < -0.39 is 29.3 Å². The summed E-state index contributed by atoms with van der Waals surface area (Å²) < 4.78 is 41.2. The molecular weight excluding hydrogens is 554 g/mol. The van der Waals surface area contributed by atoms with Gasteiger partial charge in [0.05, 0.1) is 11.5 Å². The van der Waals surface area contributed by atoms with Gasteiger partial charge in [0.1, 0.15) is 5.82 Å². The zero-order valence-electron chi connectivity index (χ0n) is 21.8. The maximum Gasteiger partial charge on any atom is 0.433 e. The van der Waals surface area contributed by atoms with Gasteiger partial charge in [0.25, 0.3) is 0 Å². The first kappa shape index (κ1) is 28.2. The van der Waals surface area contributed by atoms with Crippen LogP contribution in [0.25, 0.3) is 0 Å². The van der Waals surface area contributed by atoms with Crippen molar-refractivity contribution in [3.8, 4) is 0 Å². The molecule has 2 saturated heterocycles. The number of anilines is 2. The Morgan fingerprint density at radius 2 is 1.87 bits per heavy atom. The number of aromatic nitrogens is 2. The lowest BCUT2D eigenvalue weighted by molar-refractivity contribution is -0.158. The van der Waals surface area contributed by atoms with Crippen molar-refractivity contribution in [3.63, 3.8) is 0 Å². The standard InChI is InChI=1S/C27H32Cl2F3N5O2/c1-15(20-6-5-18(28)8-21(20)29)33-23-9-22(27(30,31)32)34-25(35-23)37-13-17(14-37)16-4-3-7-36(12-16)19-10-26(2,11-19)24(38)39/h5-6,8-9,15-17,19H,3-4,7,10-14H2,1-2H3,(H,38,39)(H,33,34,35)/t15-,16+,19-,26-/m1/s1. The minimum atomic E-state index is -4.61. The Bertz CT molecular complexity index is 1230. The second-order valence-electron chi connectivity index (χ2n) is 11.5. The van der Waals surface area contributed by atoms with Gasteiger partial charge in [-0.05, 0) is 75.6 Å². The molecule has 2 aliphatic heterocycles. The van der Waals surface area contributed by atoms with Crippen LogP contribution in [-0.2, 0) is 11.0 Å². The average molecular weight is 586 g/mol. The molecule has 3 heterocycles. The fourth-order valence-electron chi connectivity index (χ4n) is 6.09. The summed E-state index contributed by atoms with van der Waals surface area (Å²) in [7, 11) is 0. The van der Waals surface area contributed by atoms with Crippen molar-refractivity contribution in [2.24, 2.45) is 17.3 Å². The van der Waals surface area contributed by atoms with Crippen molar-refractivity contribution in [1.82, 2.24) is 14.9 Å². The number of alkyl halides is 3. The highest BCUT2D eigenvalue weighted by Crippen LogP contribution is 2.45. The number of hydrogen-bond acceptors (Lipinski definition) is 6. The van der Waals surface area contributed by atoms with Crippen molar-refractivity contribution < 1.29 is 23.1 Å². The number of nitrogens with one attached hydrogen (secondary N) is 1. The minimum absolute atomic E-state index is 0.0573. The molecule has 2 aromatic rings. The van der Waals surface area contributed by atoms with E-state index in [0.29, 0.717) is 59.4 Å². The van der Waals surface area contributed by atoms with E-state index in [4.69, 9.17) is 23.2 Å². The molecule has 212 valence electrons. The lowest BCUT2D eigenvalue weighted by Gasteiger charge is -2.52. The molecule has 0 radical (unpaired) electrons. The summed E-state index contributed by atoms with van der Waals surface area (Å²) in [6.07, 6.45) is -1.18. The van der Waals surface area contributed by atoms with Crippen LogP contribution in [0.1, 0.15) is 56.8 Å². The first-order valence-electron chi connectivity index (χ1n) is 13.2. The molecule has 3 aliphatic rings. The molecule has 1 aromatic carbocycles. The molecule has 1 saturated carbocycles. The summed E-state index contributed by atoms with van der Waals surface area (Å²) in [4.78, 5) is 24.0. The lowest BCUT2D eigenvalue weighted by Crippen LogP contribution is -2.58. The van der Waals surface area contributed by atoms with Gasteiger partial charge in [-0.1, -0.05) is 29.3 Å². The van der Waals surface area contributed by atoms with Crippen molar-refractivity contribution in [2.75, 3.05) is 36.4 Å². The van der Waals surface area contributed by atoms with Crippen molar-refractivity contribution >= 4 is 40.9 Å². The zero-order chi connectivity index (χ0) is 28.1. The molecule has 39 heavy (non-hydrogen) atoms. The predicted molar refractivity (Wildman–Crippen MR) is 144 cm³/mol. The largest absolute Gasteiger partial charge is 0.481 e. The number of hydrogen-bond donors (Lipinski definition) is 2. The predicted octanol–water partition coefficient (Wildman–Crippen LogP) is 6.38. The highest BCUT2D eigenvalue weighted by atomic mass is 35.5. The second kappa shape index (κ2) is 10.6. The molecule has 5 rings (SSSR count). The number of carboxylic acids is 1. The molecule has 0 spiro atoms. The van der Waals surface area contributed by atoms with E-state index in [-0.39, 0.29) is 11.8 Å². The maximum atomic E-state index is 13.7. The van der Waals surface area contributed by atoms with E-state index in [0.717, 1.165) is 32.0 Å². The van der Waals surface area contributed by atoms with Gasteiger partial charge < -0.3 is 20.2 Å². The first-order chi connectivity index (χ1) is 18.3. The van der Waals surface area contributed by atoms with Crippen LogP contribution in [-0.4, -0.2) is 58.2 Å². The monoisotopic (exact) mass is 585 g/mol. The van der Waals surface area contributed by atoms with Crippen molar-refractivity contribution in [1.29, 1.82) is 0 Å². The third-order valence-corrected chi connectivity index (χ3v) is 9.11. The van der Waals surface area contributed by atoms with Gasteiger partial charge in [0.2, 0.25) is 5.95 Å². The average Bonchev–Trinajstić information content (AvgIpc) is 2.80. The molecular formula is C27H32Cl2F3N5O2. The molecule has 12 heteroatoms. The van der Waals surface area contributed by atoms with Gasteiger partial charge in [-0.2, -0.15) is 18.2 Å². The Morgan fingerprint density at radius 1 is 1.15 bits per heavy atom. The molecule has 3 fully saturated rings. The fourth-order valence-corrected chi connectivity index (χ4v) is 6.66. The maximum absolute atomic E-state index is 13.7. The van der Waals surface area contributed by atoms with E-state index in [1.807, 2.05) is 0 Å². The van der Waals surface area contributed by atoms with Crippen LogP contribution in [0.2, 0.25) is 10.0 Å². The number of nitrogens with zero attached hydrogens (tertiary/aromatic N) is 4. The van der Waals surface area contributed by atoms with Crippen LogP contribution in [0.3, 0.4) is 0 Å². The molecule has 1 aliphatic carbocycles. The Morgan fingerprint density at radius 3 is 2.51 bits per heavy atom. The van der Waals surface area contributed by atoms with Crippen LogP contribution in [0, 0.1) is 17.3 Å². The van der Waals surface area contributed by atoms with Gasteiger partial charge in [-0.25, -0.2) is 4.98 Å². The molecule has 1 aromatic heterocycles. The van der Waals surface area contributed by atoms with Gasteiger partial charge in [-0.15, -0.1) is 0 Å².